The summed E-state index contributed by atoms with van der Waals surface area (Å²) in [5, 5.41) is 0. The second-order valence-corrected chi connectivity index (χ2v) is 7.90. The van der Waals surface area contributed by atoms with Crippen LogP contribution in [0.3, 0.4) is 0 Å². The quantitative estimate of drug-likeness (QED) is 0.708. The fraction of sp³-hybridized carbons (Fsp3) is 0.348. The molecular weight excluding hydrogens is 292 g/mol. The second kappa shape index (κ2) is 4.92. The molecule has 4 aliphatic rings. The summed E-state index contributed by atoms with van der Waals surface area (Å²) in [5.74, 6) is 1.95. The fourth-order valence-electron chi connectivity index (χ4n) is 5.77. The summed E-state index contributed by atoms with van der Waals surface area (Å²) in [5.41, 5.74) is 6.85. The van der Waals surface area contributed by atoms with E-state index in [0.29, 0.717) is 17.6 Å². The highest BCUT2D eigenvalue weighted by atomic mass is 16.1. The molecule has 120 valence electrons. The number of Topliss-reactive ketones (excluding diaryl/α,β-unsaturated/α-hetero) is 1. The number of benzene rings is 2. The molecule has 0 aromatic heterocycles. The predicted octanol–water partition coefficient (Wildman–Crippen LogP) is 5.07. The predicted molar refractivity (Wildman–Crippen MR) is 96.1 cm³/mol. The van der Waals surface area contributed by atoms with Crippen LogP contribution in [0.4, 0.5) is 0 Å². The Morgan fingerprint density at radius 2 is 1.46 bits per heavy atom. The Hall–Kier alpha value is -2.15. The van der Waals surface area contributed by atoms with Crippen molar-refractivity contribution >= 4 is 5.78 Å². The molecule has 0 saturated heterocycles. The zero-order chi connectivity index (χ0) is 16.4. The average molecular weight is 314 g/mol. The molecule has 1 fully saturated rings. The van der Waals surface area contributed by atoms with Gasteiger partial charge in [0.1, 0.15) is 5.78 Å². The van der Waals surface area contributed by atoms with Crippen LogP contribution in [0.1, 0.15) is 53.9 Å². The van der Waals surface area contributed by atoms with E-state index in [2.05, 4.69) is 55.1 Å². The summed E-state index contributed by atoms with van der Waals surface area (Å²) >= 11 is 0. The number of allylic oxidation sites excluding steroid dienone is 1. The number of hydrogen-bond donors (Lipinski definition) is 0. The van der Waals surface area contributed by atoms with Gasteiger partial charge in [-0.05, 0) is 47.9 Å². The summed E-state index contributed by atoms with van der Waals surface area (Å²) in [6, 6.07) is 17.6. The van der Waals surface area contributed by atoms with Crippen molar-refractivity contribution in [3.8, 4) is 0 Å². The minimum absolute atomic E-state index is 0.171. The van der Waals surface area contributed by atoms with Gasteiger partial charge in [-0.1, -0.05) is 54.1 Å². The zero-order valence-corrected chi connectivity index (χ0v) is 14.0. The Bertz CT molecular complexity index is 814. The molecule has 2 aromatic rings. The zero-order valence-electron chi connectivity index (χ0n) is 14.0. The lowest BCUT2D eigenvalue weighted by Gasteiger charge is -2.47. The number of carbonyl (C=O) groups is 1. The highest BCUT2D eigenvalue weighted by Gasteiger charge is 2.57. The molecule has 3 atom stereocenters. The van der Waals surface area contributed by atoms with Gasteiger partial charge < -0.3 is 0 Å². The summed E-state index contributed by atoms with van der Waals surface area (Å²) in [7, 11) is 0. The molecular formula is C23H22O. The number of ketones is 1. The maximum atomic E-state index is 13.2. The van der Waals surface area contributed by atoms with Gasteiger partial charge in [0.2, 0.25) is 0 Å². The van der Waals surface area contributed by atoms with Crippen molar-refractivity contribution < 1.29 is 4.79 Å². The Balaban J connectivity index is 1.70. The van der Waals surface area contributed by atoms with E-state index < -0.39 is 0 Å². The van der Waals surface area contributed by atoms with Crippen LogP contribution < -0.4 is 0 Å². The average Bonchev–Trinajstić information content (AvgIpc) is 2.91. The SMILES string of the molecule is C=C(C)C[C@@H]1C[C@H]2C3c4ccccc4C(c4ccccc43)[C@@H]2C1=O. The van der Waals surface area contributed by atoms with Gasteiger partial charge in [-0.15, -0.1) is 6.58 Å². The van der Waals surface area contributed by atoms with Gasteiger partial charge in [-0.2, -0.15) is 0 Å². The second-order valence-electron chi connectivity index (χ2n) is 7.90. The molecule has 1 saturated carbocycles. The van der Waals surface area contributed by atoms with E-state index in [0.717, 1.165) is 18.4 Å². The van der Waals surface area contributed by atoms with E-state index in [1.54, 1.807) is 0 Å². The van der Waals surface area contributed by atoms with Gasteiger partial charge in [0.05, 0.1) is 0 Å². The highest BCUT2D eigenvalue weighted by Crippen LogP contribution is 2.63. The van der Waals surface area contributed by atoms with Crippen LogP contribution in [0.2, 0.25) is 0 Å². The minimum Gasteiger partial charge on any atom is -0.299 e. The Labute approximate surface area is 143 Å². The number of carbonyl (C=O) groups excluding carboxylic acids is 1. The minimum atomic E-state index is 0.171. The van der Waals surface area contributed by atoms with E-state index in [1.165, 1.54) is 22.3 Å². The van der Waals surface area contributed by atoms with Crippen molar-refractivity contribution in [1.29, 1.82) is 0 Å². The van der Waals surface area contributed by atoms with Crippen LogP contribution >= 0.6 is 0 Å². The van der Waals surface area contributed by atoms with E-state index in [9.17, 15) is 4.79 Å². The van der Waals surface area contributed by atoms with Gasteiger partial charge in [0, 0.05) is 23.7 Å². The van der Waals surface area contributed by atoms with Gasteiger partial charge >= 0.3 is 0 Å². The molecule has 0 aliphatic heterocycles. The van der Waals surface area contributed by atoms with E-state index >= 15 is 0 Å². The van der Waals surface area contributed by atoms with Gasteiger partial charge in [-0.3, -0.25) is 4.79 Å². The molecule has 0 radical (unpaired) electrons. The molecule has 24 heavy (non-hydrogen) atoms. The van der Waals surface area contributed by atoms with E-state index in [-0.39, 0.29) is 17.8 Å². The van der Waals surface area contributed by atoms with Crippen molar-refractivity contribution in [2.75, 3.05) is 0 Å². The largest absolute Gasteiger partial charge is 0.299 e. The van der Waals surface area contributed by atoms with E-state index in [4.69, 9.17) is 0 Å². The third kappa shape index (κ3) is 1.73. The molecule has 0 amide bonds. The van der Waals surface area contributed by atoms with Crippen molar-refractivity contribution in [2.24, 2.45) is 17.8 Å². The van der Waals surface area contributed by atoms with Crippen LogP contribution in [0, 0.1) is 17.8 Å². The normalized spacial score (nSPS) is 32.2. The highest BCUT2D eigenvalue weighted by molar-refractivity contribution is 5.89. The van der Waals surface area contributed by atoms with Crippen LogP contribution in [0.25, 0.3) is 0 Å². The topological polar surface area (TPSA) is 17.1 Å². The first kappa shape index (κ1) is 14.2. The first-order chi connectivity index (χ1) is 11.7. The molecule has 0 heterocycles. The van der Waals surface area contributed by atoms with Crippen molar-refractivity contribution in [1.82, 2.24) is 0 Å². The lowest BCUT2D eigenvalue weighted by molar-refractivity contribution is -0.125. The molecule has 0 unspecified atom stereocenters. The van der Waals surface area contributed by atoms with Crippen LogP contribution in [-0.4, -0.2) is 5.78 Å². The van der Waals surface area contributed by atoms with Crippen LogP contribution in [0.5, 0.6) is 0 Å². The third-order valence-corrected chi connectivity index (χ3v) is 6.46. The van der Waals surface area contributed by atoms with Gasteiger partial charge in [0.25, 0.3) is 0 Å². The molecule has 0 spiro atoms. The molecule has 0 N–H and O–H groups in total. The fourth-order valence-corrected chi connectivity index (χ4v) is 5.77. The summed E-state index contributed by atoms with van der Waals surface area (Å²) < 4.78 is 0. The van der Waals surface area contributed by atoms with Gasteiger partial charge in [0.15, 0.2) is 0 Å². The molecule has 1 heteroatoms. The first-order valence-electron chi connectivity index (χ1n) is 9.02. The summed E-state index contributed by atoms with van der Waals surface area (Å²) in [4.78, 5) is 13.2. The Morgan fingerprint density at radius 1 is 0.958 bits per heavy atom. The maximum Gasteiger partial charge on any atom is 0.140 e. The Kier molecular flexibility index (Phi) is 2.92. The van der Waals surface area contributed by atoms with Gasteiger partial charge in [-0.25, -0.2) is 0 Å². The lowest BCUT2D eigenvalue weighted by atomic mass is 9.55. The first-order valence-corrected chi connectivity index (χ1v) is 9.02. The number of rotatable bonds is 2. The smallest absolute Gasteiger partial charge is 0.140 e. The lowest BCUT2D eigenvalue weighted by Crippen LogP contribution is -2.39. The summed E-state index contributed by atoms with van der Waals surface area (Å²) in [6.45, 7) is 6.10. The van der Waals surface area contributed by atoms with Crippen molar-refractivity contribution in [3.63, 3.8) is 0 Å². The molecule has 6 rings (SSSR count). The van der Waals surface area contributed by atoms with E-state index in [1.807, 2.05) is 6.92 Å². The summed E-state index contributed by atoms with van der Waals surface area (Å²) in [6.07, 6.45) is 1.89. The standard InChI is InChI=1S/C23H22O/c1-13(2)11-14-12-19-20-15-7-3-5-9-17(15)21(22(19)23(14)24)18-10-6-4-8-16(18)20/h3-10,14,19-22H,1,11-12H2,2H3/t14-,19+,20?,21?,22-/m1/s1. The molecule has 2 aromatic carbocycles. The Morgan fingerprint density at radius 3 is 1.96 bits per heavy atom. The van der Waals surface area contributed by atoms with Crippen molar-refractivity contribution in [2.45, 2.75) is 31.6 Å². The van der Waals surface area contributed by atoms with Crippen LogP contribution in [-0.2, 0) is 4.79 Å². The van der Waals surface area contributed by atoms with Crippen LogP contribution in [0.15, 0.2) is 60.7 Å². The molecule has 2 bridgehead atoms. The molecule has 4 aliphatic carbocycles. The number of hydrogen-bond acceptors (Lipinski definition) is 1. The maximum absolute atomic E-state index is 13.2. The monoisotopic (exact) mass is 314 g/mol. The molecule has 1 nitrogen and oxygen atoms in total. The third-order valence-electron chi connectivity index (χ3n) is 6.46. The van der Waals surface area contributed by atoms with Crippen molar-refractivity contribution in [3.05, 3.63) is 82.9 Å².